The fourth-order valence-electron chi connectivity index (χ4n) is 6.91. The van der Waals surface area contributed by atoms with Crippen molar-refractivity contribution in [1.29, 1.82) is 0 Å². The Morgan fingerprint density at radius 3 is 2.24 bits per heavy atom. The van der Waals surface area contributed by atoms with Crippen molar-refractivity contribution >= 4 is 49.3 Å². The van der Waals surface area contributed by atoms with Crippen LogP contribution in [0.2, 0.25) is 0 Å². The molecule has 0 radical (unpaired) electrons. The second-order valence-electron chi connectivity index (χ2n) is 11.6. The quantitative estimate of drug-likeness (QED) is 0.170. The van der Waals surface area contributed by atoms with Crippen LogP contribution in [0.1, 0.15) is 25.0 Å². The van der Waals surface area contributed by atoms with Crippen LogP contribution in [0.15, 0.2) is 97.5 Å². The van der Waals surface area contributed by atoms with E-state index in [1.807, 2.05) is 30.4 Å². The van der Waals surface area contributed by atoms with Gasteiger partial charge in [-0.05, 0) is 47.9 Å². The maximum absolute atomic E-state index is 4.93. The monoisotopic (exact) mass is 723 g/mol. The number of rotatable bonds is 2. The van der Waals surface area contributed by atoms with Gasteiger partial charge < -0.3 is 18.9 Å². The molecule has 0 saturated heterocycles. The first-order chi connectivity index (χ1) is 20.0. The summed E-state index contributed by atoms with van der Waals surface area (Å²) in [5.41, 5.74) is 8.81. The van der Waals surface area contributed by atoms with E-state index >= 15 is 0 Å². The molecule has 0 spiro atoms. The van der Waals surface area contributed by atoms with Crippen LogP contribution in [-0.4, -0.2) is 26.1 Å². The summed E-state index contributed by atoms with van der Waals surface area (Å²) in [6.07, 6.45) is 6.00. The van der Waals surface area contributed by atoms with E-state index < -0.39 is 0 Å². The molecule has 0 saturated carbocycles. The Hall–Kier alpha value is -4.34. The molecular formula is C36H26N5Pt-3. The van der Waals surface area contributed by atoms with Gasteiger partial charge in [-0.3, -0.25) is 0 Å². The molecule has 5 heterocycles. The Labute approximate surface area is 258 Å². The minimum atomic E-state index is -0.149. The van der Waals surface area contributed by atoms with E-state index in [1.165, 1.54) is 38.2 Å². The summed E-state index contributed by atoms with van der Waals surface area (Å²) in [6.45, 7) is 6.66. The van der Waals surface area contributed by atoms with Crippen molar-refractivity contribution in [2.45, 2.75) is 19.3 Å². The van der Waals surface area contributed by atoms with E-state index in [-0.39, 0.29) is 26.5 Å². The Kier molecular flexibility index (Phi) is 5.33. The molecule has 2 aliphatic heterocycles. The first-order valence-electron chi connectivity index (χ1n) is 14.0. The molecule has 7 aromatic rings. The second-order valence-corrected chi connectivity index (χ2v) is 11.6. The van der Waals surface area contributed by atoms with Crippen molar-refractivity contribution in [2.24, 2.45) is 0 Å². The zero-order valence-corrected chi connectivity index (χ0v) is 25.6. The van der Waals surface area contributed by atoms with Crippen molar-refractivity contribution in [1.82, 2.24) is 19.0 Å². The van der Waals surface area contributed by atoms with Crippen LogP contribution in [0.5, 0.6) is 0 Å². The van der Waals surface area contributed by atoms with E-state index in [4.69, 9.17) is 4.98 Å². The molecular weight excluding hydrogens is 698 g/mol. The third kappa shape index (κ3) is 3.26. The van der Waals surface area contributed by atoms with Gasteiger partial charge in [-0.2, -0.15) is 18.8 Å². The van der Waals surface area contributed by atoms with Gasteiger partial charge in [0.15, 0.2) is 0 Å². The summed E-state index contributed by atoms with van der Waals surface area (Å²) >= 11 is 0. The molecule has 42 heavy (non-hydrogen) atoms. The predicted molar refractivity (Wildman–Crippen MR) is 166 cm³/mol. The smallest absolute Gasteiger partial charge is 0.139 e. The summed E-state index contributed by atoms with van der Waals surface area (Å²) < 4.78 is 4.63. The minimum Gasteiger partial charge on any atom is -0.510 e. The number of hydrogen-bond donors (Lipinski definition) is 0. The molecule has 3 aromatic heterocycles. The van der Waals surface area contributed by atoms with Crippen LogP contribution in [0, 0.1) is 18.8 Å². The van der Waals surface area contributed by atoms with Gasteiger partial charge in [-0.25, -0.2) is 4.98 Å². The summed E-state index contributed by atoms with van der Waals surface area (Å²) in [7, 11) is 2.03. The van der Waals surface area contributed by atoms with Crippen LogP contribution < -0.4 is 4.90 Å². The molecule has 0 unspecified atom stereocenters. The third-order valence-corrected chi connectivity index (χ3v) is 8.88. The van der Waals surface area contributed by atoms with Crippen LogP contribution in [-0.2, 0) is 26.5 Å². The molecule has 6 heteroatoms. The third-order valence-electron chi connectivity index (χ3n) is 8.88. The molecule has 0 amide bonds. The molecule has 0 fully saturated rings. The van der Waals surface area contributed by atoms with Crippen LogP contribution in [0.4, 0.5) is 5.69 Å². The average Bonchev–Trinajstić information content (AvgIpc) is 3.67. The van der Waals surface area contributed by atoms with E-state index in [0.717, 1.165) is 33.7 Å². The van der Waals surface area contributed by atoms with Gasteiger partial charge in [0.2, 0.25) is 0 Å². The number of benzene rings is 4. The number of nitrogens with zero attached hydrogens (tertiary/aromatic N) is 5. The number of hydrogen-bond acceptors (Lipinski definition) is 3. The van der Waals surface area contributed by atoms with Gasteiger partial charge in [0.1, 0.15) is 5.82 Å². The first-order valence-corrected chi connectivity index (χ1v) is 14.0. The van der Waals surface area contributed by atoms with E-state index in [1.54, 1.807) is 0 Å². The van der Waals surface area contributed by atoms with Crippen molar-refractivity contribution < 1.29 is 21.1 Å². The summed E-state index contributed by atoms with van der Waals surface area (Å²) in [6, 6.07) is 35.9. The van der Waals surface area contributed by atoms with Gasteiger partial charge in [0.25, 0.3) is 0 Å². The maximum Gasteiger partial charge on any atom is 0.139 e. The zero-order valence-electron chi connectivity index (χ0n) is 23.4. The molecule has 0 N–H and O–H groups in total. The summed E-state index contributed by atoms with van der Waals surface area (Å²) in [5, 5.41) is 4.80. The van der Waals surface area contributed by atoms with Gasteiger partial charge in [0, 0.05) is 49.3 Å². The van der Waals surface area contributed by atoms with Crippen molar-refractivity contribution in [3.63, 3.8) is 0 Å². The Balaban J connectivity index is 0.00000267. The summed E-state index contributed by atoms with van der Waals surface area (Å²) in [5.74, 6) is 0.987. The number of pyridine rings is 1. The Morgan fingerprint density at radius 2 is 1.40 bits per heavy atom. The van der Waals surface area contributed by atoms with Crippen molar-refractivity contribution in [3.05, 3.63) is 127 Å². The second kappa shape index (κ2) is 8.83. The largest absolute Gasteiger partial charge is 0.510 e. The number of anilines is 1. The maximum atomic E-state index is 4.93. The molecule has 9 rings (SSSR count). The van der Waals surface area contributed by atoms with Gasteiger partial charge in [-0.15, -0.1) is 40.7 Å². The molecule has 0 atom stereocenters. The van der Waals surface area contributed by atoms with Crippen molar-refractivity contribution in [3.8, 4) is 11.5 Å². The van der Waals surface area contributed by atoms with E-state index in [0.29, 0.717) is 0 Å². The van der Waals surface area contributed by atoms with Crippen LogP contribution in [0.3, 0.4) is 0 Å². The Bertz CT molecular complexity index is 2250. The number of aromatic nitrogens is 3. The fourth-order valence-corrected chi connectivity index (χ4v) is 6.91. The number of para-hydroxylation sites is 2. The number of fused-ring (bicyclic) bond motifs is 8. The molecule has 0 bridgehead atoms. The first kappa shape index (κ1) is 25.4. The zero-order chi connectivity index (χ0) is 27.5. The fraction of sp³-hybridized carbons (Fsp3) is 0.111. The SMILES string of the molecule is CN1C=CN(c2[c-]c3c(cc2)c2ccccc2n3-c2[c-]c3c(cc2)c2cccc4c2n3-c2ncccc2C4(C)C)[CH-]1.[Pt]. The van der Waals surface area contributed by atoms with E-state index in [9.17, 15) is 0 Å². The normalized spacial score (nSPS) is 15.2. The minimum absolute atomic E-state index is 0. The van der Waals surface area contributed by atoms with Gasteiger partial charge in [0.05, 0.1) is 0 Å². The molecule has 0 aliphatic carbocycles. The molecule has 208 valence electrons. The van der Waals surface area contributed by atoms with Crippen LogP contribution in [0.25, 0.3) is 55.1 Å². The molecule has 2 aliphatic rings. The van der Waals surface area contributed by atoms with Crippen molar-refractivity contribution in [2.75, 3.05) is 11.9 Å². The predicted octanol–water partition coefficient (Wildman–Crippen LogP) is 7.86. The summed E-state index contributed by atoms with van der Waals surface area (Å²) in [4.78, 5) is 9.07. The molecule has 5 nitrogen and oxygen atoms in total. The van der Waals surface area contributed by atoms with Gasteiger partial charge >= 0.3 is 0 Å². The van der Waals surface area contributed by atoms with Crippen LogP contribution >= 0.6 is 0 Å². The van der Waals surface area contributed by atoms with Gasteiger partial charge in [-0.1, -0.05) is 73.0 Å². The van der Waals surface area contributed by atoms with E-state index in [2.05, 4.69) is 126 Å². The standard InChI is InChI=1S/C36H26N5.Pt/c1-36(2)29-10-6-9-28-27-16-14-24(21-33(27)41(34(28)29)35-30(36)11-7-17-37-35)40-31-12-5-4-8-25(31)26-15-13-23(20-32(26)40)39-19-18-38(3)22-39;/h4-19,22H,1-3H3;/q-3;. The molecule has 4 aromatic carbocycles. The Morgan fingerprint density at radius 1 is 0.690 bits per heavy atom. The average molecular weight is 724 g/mol. The topological polar surface area (TPSA) is 29.2 Å².